The van der Waals surface area contributed by atoms with Gasteiger partial charge in [0.25, 0.3) is 5.91 Å². The predicted octanol–water partition coefficient (Wildman–Crippen LogP) is 4.78. The van der Waals surface area contributed by atoms with Gasteiger partial charge in [0.2, 0.25) is 0 Å². The average molecular weight is 626 g/mol. The molecule has 4 saturated carbocycles. The van der Waals surface area contributed by atoms with Crippen molar-refractivity contribution in [3.05, 3.63) is 50.7 Å². The van der Waals surface area contributed by atoms with Crippen LogP contribution in [0.5, 0.6) is 11.8 Å². The Balaban J connectivity index is 1.18. The molecule has 3 aromatic rings. The normalized spacial score (nSPS) is 24.1. The predicted molar refractivity (Wildman–Crippen MR) is 153 cm³/mol. The summed E-state index contributed by atoms with van der Waals surface area (Å²) in [6.45, 7) is 2.42. The highest BCUT2D eigenvalue weighted by Gasteiger charge is 2.57. The van der Waals surface area contributed by atoms with Crippen molar-refractivity contribution in [2.75, 3.05) is 32.6 Å². The number of amides is 1. The van der Waals surface area contributed by atoms with Crippen LogP contribution >= 0.6 is 22.6 Å². The monoisotopic (exact) mass is 625 g/mol. The SMILES string of the molecule is CN(C)CC1(COc2nc3c(c(NC45CC(C4)C5)n2)CN(C(=O)c2cc(O)cc4cccc(I)c24)C3)CC1. The zero-order valence-corrected chi connectivity index (χ0v) is 23.9. The van der Waals surface area contributed by atoms with Gasteiger partial charge in [0.05, 0.1) is 31.0 Å². The van der Waals surface area contributed by atoms with Gasteiger partial charge in [-0.15, -0.1) is 0 Å². The molecule has 2 N–H and O–H groups in total. The van der Waals surface area contributed by atoms with E-state index in [1.165, 1.54) is 19.3 Å². The van der Waals surface area contributed by atoms with Crippen LogP contribution in [0.3, 0.4) is 0 Å². The van der Waals surface area contributed by atoms with Crippen molar-refractivity contribution in [3.63, 3.8) is 0 Å². The number of fused-ring (bicyclic) bond motifs is 2. The number of carbonyl (C=O) groups excluding carboxylic acids is 1. The van der Waals surface area contributed by atoms with Crippen molar-refractivity contribution in [2.45, 2.75) is 50.7 Å². The fraction of sp³-hybridized carbons (Fsp3) is 0.483. The molecule has 5 aliphatic rings. The molecule has 8 nitrogen and oxygen atoms in total. The lowest BCUT2D eigenvalue weighted by atomic mass is 9.50. The number of benzene rings is 2. The second-order valence-corrected chi connectivity index (χ2v) is 13.3. The van der Waals surface area contributed by atoms with E-state index in [2.05, 4.69) is 46.9 Å². The number of rotatable bonds is 8. The van der Waals surface area contributed by atoms with E-state index in [0.29, 0.717) is 31.3 Å². The van der Waals surface area contributed by atoms with Crippen LogP contribution in [-0.4, -0.2) is 63.6 Å². The first-order valence-electron chi connectivity index (χ1n) is 13.4. The van der Waals surface area contributed by atoms with Crippen molar-refractivity contribution < 1.29 is 14.6 Å². The van der Waals surface area contributed by atoms with Gasteiger partial charge in [-0.25, -0.2) is 0 Å². The molecule has 0 saturated heterocycles. The lowest BCUT2D eigenvalue weighted by molar-refractivity contribution is 0.00166. The van der Waals surface area contributed by atoms with E-state index < -0.39 is 0 Å². The Kier molecular flexibility index (Phi) is 5.57. The minimum atomic E-state index is -0.116. The number of halogens is 1. The largest absolute Gasteiger partial charge is 0.508 e. The molecule has 2 aromatic carbocycles. The molecule has 1 amide bonds. The van der Waals surface area contributed by atoms with Crippen LogP contribution in [0.2, 0.25) is 0 Å². The first-order valence-corrected chi connectivity index (χ1v) is 14.5. The number of aromatic hydroxyl groups is 1. The first kappa shape index (κ1) is 24.4. The molecule has 1 aliphatic heterocycles. The Bertz CT molecular complexity index is 1450. The van der Waals surface area contributed by atoms with Crippen LogP contribution in [0.25, 0.3) is 10.8 Å². The number of nitrogens with zero attached hydrogens (tertiary/aromatic N) is 4. The zero-order valence-electron chi connectivity index (χ0n) is 21.8. The number of carbonyl (C=O) groups is 1. The summed E-state index contributed by atoms with van der Waals surface area (Å²) in [5.41, 5.74) is 2.65. The first-order chi connectivity index (χ1) is 18.2. The molecule has 0 unspecified atom stereocenters. The molecule has 4 aliphatic carbocycles. The number of hydrogen-bond acceptors (Lipinski definition) is 7. The van der Waals surface area contributed by atoms with Gasteiger partial charge in [0, 0.05) is 32.0 Å². The second-order valence-electron chi connectivity index (χ2n) is 12.2. The van der Waals surface area contributed by atoms with E-state index in [0.717, 1.165) is 56.7 Å². The lowest BCUT2D eigenvalue weighted by Crippen LogP contribution is -2.63. The molecule has 1 aromatic heterocycles. The summed E-state index contributed by atoms with van der Waals surface area (Å²) in [7, 11) is 4.19. The Morgan fingerprint density at radius 1 is 1.21 bits per heavy atom. The van der Waals surface area contributed by atoms with Crippen LogP contribution < -0.4 is 10.1 Å². The van der Waals surface area contributed by atoms with Gasteiger partial charge >= 0.3 is 6.01 Å². The van der Waals surface area contributed by atoms with Crippen molar-refractivity contribution >= 4 is 45.1 Å². The summed E-state index contributed by atoms with van der Waals surface area (Å²) in [6.07, 6.45) is 5.87. The molecule has 4 fully saturated rings. The third-order valence-electron chi connectivity index (χ3n) is 8.73. The Hall–Kier alpha value is -2.66. The molecule has 2 heterocycles. The summed E-state index contributed by atoms with van der Waals surface area (Å²) < 4.78 is 7.20. The van der Waals surface area contributed by atoms with Crippen molar-refractivity contribution in [1.82, 2.24) is 19.8 Å². The van der Waals surface area contributed by atoms with Crippen LogP contribution in [-0.2, 0) is 13.1 Å². The quantitative estimate of drug-likeness (QED) is 0.349. The average Bonchev–Trinajstić information content (AvgIpc) is 3.43. The van der Waals surface area contributed by atoms with Gasteiger partial charge in [0.1, 0.15) is 11.6 Å². The Morgan fingerprint density at radius 3 is 2.68 bits per heavy atom. The maximum Gasteiger partial charge on any atom is 0.318 e. The van der Waals surface area contributed by atoms with Crippen LogP contribution in [0.1, 0.15) is 53.7 Å². The number of hydrogen-bond donors (Lipinski definition) is 2. The van der Waals surface area contributed by atoms with Crippen molar-refractivity contribution in [2.24, 2.45) is 11.3 Å². The van der Waals surface area contributed by atoms with Crippen LogP contribution in [0, 0.1) is 14.9 Å². The maximum atomic E-state index is 13.9. The summed E-state index contributed by atoms with van der Waals surface area (Å²) in [5, 5.41) is 15.8. The van der Waals surface area contributed by atoms with Crippen molar-refractivity contribution in [3.8, 4) is 11.8 Å². The van der Waals surface area contributed by atoms with E-state index in [9.17, 15) is 9.90 Å². The van der Waals surface area contributed by atoms with E-state index in [4.69, 9.17) is 14.7 Å². The highest BCUT2D eigenvalue weighted by molar-refractivity contribution is 14.1. The van der Waals surface area contributed by atoms with Gasteiger partial charge in [-0.1, -0.05) is 12.1 Å². The minimum Gasteiger partial charge on any atom is -0.508 e. The van der Waals surface area contributed by atoms with E-state index in [1.807, 2.05) is 23.1 Å². The van der Waals surface area contributed by atoms with E-state index >= 15 is 0 Å². The molecule has 9 heteroatoms. The van der Waals surface area contributed by atoms with Crippen LogP contribution in [0.4, 0.5) is 5.82 Å². The van der Waals surface area contributed by atoms with Gasteiger partial charge in [0.15, 0.2) is 0 Å². The molecular formula is C29H32IN5O3. The molecule has 0 spiro atoms. The molecule has 0 atom stereocenters. The van der Waals surface area contributed by atoms with Gasteiger partial charge < -0.3 is 25.0 Å². The van der Waals surface area contributed by atoms with Gasteiger partial charge in [-0.2, -0.15) is 9.97 Å². The summed E-state index contributed by atoms with van der Waals surface area (Å²) in [6, 6.07) is 9.53. The molecule has 0 radical (unpaired) electrons. The number of ether oxygens (including phenoxy) is 1. The third-order valence-corrected chi connectivity index (χ3v) is 9.63. The number of anilines is 1. The number of phenols is 1. The molecule has 2 bridgehead atoms. The van der Waals surface area contributed by atoms with Crippen molar-refractivity contribution in [1.29, 1.82) is 0 Å². The molecular weight excluding hydrogens is 593 g/mol. The molecule has 198 valence electrons. The van der Waals surface area contributed by atoms with Gasteiger partial charge in [-0.05, 0) is 98.3 Å². The van der Waals surface area contributed by atoms with E-state index in [1.54, 1.807) is 12.1 Å². The standard InChI is InChI=1S/C29H32IN5O3/c1-34(2)15-28(6-7-28)16-38-27-31-23-14-35(13-21(23)25(32-27)33-29-10-17(11-29)12-29)26(37)20-9-19(36)8-18-4-3-5-22(30)24(18)20/h3-5,8-9,17,36H,6-7,10-16H2,1-2H3,(H,31,32,33). The zero-order chi connectivity index (χ0) is 26.2. The lowest BCUT2D eigenvalue weighted by Gasteiger charge is -2.62. The Morgan fingerprint density at radius 2 is 2.00 bits per heavy atom. The fourth-order valence-electron chi connectivity index (χ4n) is 6.55. The second kappa shape index (κ2) is 8.67. The van der Waals surface area contributed by atoms with Gasteiger partial charge in [-0.3, -0.25) is 4.79 Å². The number of aromatic nitrogens is 2. The highest BCUT2D eigenvalue weighted by atomic mass is 127. The number of phenolic OH excluding ortho intramolecular Hbond substituents is 1. The number of nitrogens with one attached hydrogen (secondary N) is 1. The minimum absolute atomic E-state index is 0.0905. The summed E-state index contributed by atoms with van der Waals surface area (Å²) in [5.74, 6) is 1.63. The molecule has 38 heavy (non-hydrogen) atoms. The maximum absolute atomic E-state index is 13.9. The smallest absolute Gasteiger partial charge is 0.318 e. The van der Waals surface area contributed by atoms with Crippen LogP contribution in [0.15, 0.2) is 30.3 Å². The van der Waals surface area contributed by atoms with E-state index in [-0.39, 0.29) is 22.6 Å². The Labute approximate surface area is 235 Å². The fourth-order valence-corrected chi connectivity index (χ4v) is 7.35. The summed E-state index contributed by atoms with van der Waals surface area (Å²) in [4.78, 5) is 27.5. The topological polar surface area (TPSA) is 90.8 Å². The molecule has 8 rings (SSSR count). The third kappa shape index (κ3) is 4.18. The summed E-state index contributed by atoms with van der Waals surface area (Å²) >= 11 is 2.25. The highest BCUT2D eigenvalue weighted by Crippen LogP contribution is 2.58.